The van der Waals surface area contributed by atoms with Crippen molar-refractivity contribution in [1.29, 1.82) is 0 Å². The van der Waals surface area contributed by atoms with Crippen molar-refractivity contribution in [3.05, 3.63) is 90.0 Å². The lowest BCUT2D eigenvalue weighted by Gasteiger charge is -2.08. The Balaban J connectivity index is 1.37. The summed E-state index contributed by atoms with van der Waals surface area (Å²) in [5, 5.41) is 6.89. The van der Waals surface area contributed by atoms with Crippen molar-refractivity contribution in [2.75, 3.05) is 6.61 Å². The Morgan fingerprint density at radius 2 is 1.77 bits per heavy atom. The van der Waals surface area contributed by atoms with Gasteiger partial charge >= 0.3 is 0 Å². The number of ether oxygens (including phenoxy) is 1. The summed E-state index contributed by atoms with van der Waals surface area (Å²) in [6.07, 6.45) is 0. The summed E-state index contributed by atoms with van der Waals surface area (Å²) in [5.41, 5.74) is 3.81. The smallest absolute Gasteiger partial charge is 0.258 e. The molecule has 0 aliphatic rings. The Hall–Kier alpha value is -3.93. The quantitative estimate of drug-likeness (QED) is 0.498. The number of aryl methyl sites for hydroxylation is 1. The Labute approximate surface area is 174 Å². The van der Waals surface area contributed by atoms with Gasteiger partial charge in [-0.1, -0.05) is 71.4 Å². The minimum atomic E-state index is -0.191. The zero-order valence-corrected chi connectivity index (χ0v) is 16.5. The molecule has 1 heterocycles. The molecule has 6 heteroatoms. The molecular formula is C24H21N3O3. The van der Waals surface area contributed by atoms with Crippen molar-refractivity contribution >= 4 is 5.91 Å². The van der Waals surface area contributed by atoms with E-state index in [0.717, 1.165) is 16.7 Å². The van der Waals surface area contributed by atoms with E-state index in [-0.39, 0.29) is 12.5 Å². The van der Waals surface area contributed by atoms with E-state index in [9.17, 15) is 4.79 Å². The number of hydrogen-bond donors (Lipinski definition) is 1. The third-order valence-corrected chi connectivity index (χ3v) is 4.52. The molecule has 4 aromatic rings. The van der Waals surface area contributed by atoms with Gasteiger partial charge in [0, 0.05) is 17.7 Å². The molecule has 0 unspecified atom stereocenters. The molecule has 0 spiro atoms. The summed E-state index contributed by atoms with van der Waals surface area (Å²) in [4.78, 5) is 16.5. The van der Waals surface area contributed by atoms with Crippen LogP contribution in [-0.2, 0) is 11.3 Å². The van der Waals surface area contributed by atoms with Gasteiger partial charge in [-0.15, -0.1) is 0 Å². The van der Waals surface area contributed by atoms with Crippen molar-refractivity contribution in [1.82, 2.24) is 15.5 Å². The largest absolute Gasteiger partial charge is 0.484 e. The molecule has 30 heavy (non-hydrogen) atoms. The average Bonchev–Trinajstić information content (AvgIpc) is 3.28. The number of carbonyl (C=O) groups excluding carboxylic acids is 1. The molecule has 0 atom stereocenters. The fraction of sp³-hybridized carbons (Fsp3) is 0.125. The van der Waals surface area contributed by atoms with Crippen LogP contribution < -0.4 is 10.1 Å². The Morgan fingerprint density at radius 1 is 0.967 bits per heavy atom. The van der Waals surface area contributed by atoms with Gasteiger partial charge in [-0.3, -0.25) is 4.79 Å². The molecule has 0 saturated carbocycles. The summed E-state index contributed by atoms with van der Waals surface area (Å²) in [6, 6.07) is 24.9. The Kier molecular flexibility index (Phi) is 5.85. The van der Waals surface area contributed by atoms with Crippen LogP contribution in [0.5, 0.6) is 5.75 Å². The maximum atomic E-state index is 12.1. The van der Waals surface area contributed by atoms with Gasteiger partial charge in [-0.25, -0.2) is 0 Å². The van der Waals surface area contributed by atoms with Crippen molar-refractivity contribution in [2.24, 2.45) is 0 Å². The minimum Gasteiger partial charge on any atom is -0.484 e. The lowest BCUT2D eigenvalue weighted by Crippen LogP contribution is -2.28. The molecule has 1 amide bonds. The standard InChI is InChI=1S/C24H21N3O3/c1-17-10-12-19(13-11-17)23-26-24(30-27-23)20-8-5-9-21(14-20)29-16-22(28)25-15-18-6-3-2-4-7-18/h2-14H,15-16H2,1H3,(H,25,28). The first-order valence-electron chi connectivity index (χ1n) is 9.62. The Morgan fingerprint density at radius 3 is 2.57 bits per heavy atom. The average molecular weight is 399 g/mol. The highest BCUT2D eigenvalue weighted by Crippen LogP contribution is 2.25. The summed E-state index contributed by atoms with van der Waals surface area (Å²) >= 11 is 0. The normalized spacial score (nSPS) is 10.6. The second kappa shape index (κ2) is 9.05. The van der Waals surface area contributed by atoms with Crippen LogP contribution in [0.3, 0.4) is 0 Å². The van der Waals surface area contributed by atoms with Gasteiger partial charge in [0.25, 0.3) is 11.8 Å². The fourth-order valence-corrected chi connectivity index (χ4v) is 2.88. The van der Waals surface area contributed by atoms with Gasteiger partial charge in [-0.05, 0) is 30.7 Å². The first-order chi connectivity index (χ1) is 14.7. The van der Waals surface area contributed by atoms with Crippen molar-refractivity contribution in [3.8, 4) is 28.6 Å². The van der Waals surface area contributed by atoms with Gasteiger partial charge in [0.15, 0.2) is 6.61 Å². The van der Waals surface area contributed by atoms with E-state index in [0.29, 0.717) is 24.0 Å². The number of benzene rings is 3. The SMILES string of the molecule is Cc1ccc(-c2noc(-c3cccc(OCC(=O)NCc4ccccc4)c3)n2)cc1. The van der Waals surface area contributed by atoms with Crippen LogP contribution in [0, 0.1) is 6.92 Å². The summed E-state index contributed by atoms with van der Waals surface area (Å²) in [6.45, 7) is 2.42. The van der Waals surface area contributed by atoms with Crippen molar-refractivity contribution in [3.63, 3.8) is 0 Å². The highest BCUT2D eigenvalue weighted by atomic mass is 16.5. The van der Waals surface area contributed by atoms with Crippen molar-refractivity contribution in [2.45, 2.75) is 13.5 Å². The van der Waals surface area contributed by atoms with E-state index < -0.39 is 0 Å². The monoisotopic (exact) mass is 399 g/mol. The molecule has 0 aliphatic carbocycles. The van der Waals surface area contributed by atoms with E-state index >= 15 is 0 Å². The van der Waals surface area contributed by atoms with E-state index in [4.69, 9.17) is 9.26 Å². The number of hydrogen-bond acceptors (Lipinski definition) is 5. The van der Waals surface area contributed by atoms with Gasteiger partial charge in [0.2, 0.25) is 5.82 Å². The lowest BCUT2D eigenvalue weighted by molar-refractivity contribution is -0.123. The molecule has 0 fully saturated rings. The van der Waals surface area contributed by atoms with Crippen molar-refractivity contribution < 1.29 is 14.1 Å². The molecule has 1 aromatic heterocycles. The lowest BCUT2D eigenvalue weighted by atomic mass is 10.1. The fourth-order valence-electron chi connectivity index (χ4n) is 2.88. The van der Waals surface area contributed by atoms with Gasteiger partial charge in [-0.2, -0.15) is 4.98 Å². The van der Waals surface area contributed by atoms with E-state index in [1.54, 1.807) is 12.1 Å². The van der Waals surface area contributed by atoms with Crippen LogP contribution >= 0.6 is 0 Å². The summed E-state index contributed by atoms with van der Waals surface area (Å²) in [7, 11) is 0. The molecule has 6 nitrogen and oxygen atoms in total. The zero-order valence-electron chi connectivity index (χ0n) is 16.5. The molecule has 0 saturated heterocycles. The molecule has 3 aromatic carbocycles. The third-order valence-electron chi connectivity index (χ3n) is 4.52. The topological polar surface area (TPSA) is 77.2 Å². The molecule has 4 rings (SSSR count). The van der Waals surface area contributed by atoms with Gasteiger partial charge in [0.05, 0.1) is 0 Å². The third kappa shape index (κ3) is 4.91. The van der Waals surface area contributed by atoms with E-state index in [1.165, 1.54) is 5.56 Å². The summed E-state index contributed by atoms with van der Waals surface area (Å²) in [5.74, 6) is 1.28. The minimum absolute atomic E-state index is 0.0747. The van der Waals surface area contributed by atoms with E-state index in [2.05, 4.69) is 15.5 Å². The first-order valence-corrected chi connectivity index (χ1v) is 9.62. The summed E-state index contributed by atoms with van der Waals surface area (Å²) < 4.78 is 11.0. The number of rotatable bonds is 7. The highest BCUT2D eigenvalue weighted by Gasteiger charge is 2.12. The zero-order chi connectivity index (χ0) is 20.8. The second-order valence-corrected chi connectivity index (χ2v) is 6.87. The molecule has 0 aliphatic heterocycles. The van der Waals surface area contributed by atoms with Crippen LogP contribution in [-0.4, -0.2) is 22.7 Å². The van der Waals surface area contributed by atoms with Gasteiger partial charge < -0.3 is 14.6 Å². The number of amides is 1. The number of carbonyl (C=O) groups is 1. The van der Waals surface area contributed by atoms with E-state index in [1.807, 2.05) is 73.7 Å². The van der Waals surface area contributed by atoms with Crippen LogP contribution in [0.1, 0.15) is 11.1 Å². The van der Waals surface area contributed by atoms with Gasteiger partial charge in [0.1, 0.15) is 5.75 Å². The molecule has 0 bridgehead atoms. The maximum Gasteiger partial charge on any atom is 0.258 e. The predicted octanol–water partition coefficient (Wildman–Crippen LogP) is 4.41. The van der Waals surface area contributed by atoms with Crippen LogP contribution in [0.25, 0.3) is 22.8 Å². The number of nitrogens with one attached hydrogen (secondary N) is 1. The second-order valence-electron chi connectivity index (χ2n) is 6.87. The molecule has 0 radical (unpaired) electrons. The van der Waals surface area contributed by atoms with Crippen LogP contribution in [0.4, 0.5) is 0 Å². The Bertz CT molecular complexity index is 1120. The predicted molar refractivity (Wildman–Crippen MR) is 114 cm³/mol. The van der Waals surface area contributed by atoms with Crippen LogP contribution in [0.15, 0.2) is 83.4 Å². The number of nitrogens with zero attached hydrogens (tertiary/aromatic N) is 2. The highest BCUT2D eigenvalue weighted by molar-refractivity contribution is 5.77. The molecule has 150 valence electrons. The number of aromatic nitrogens is 2. The maximum absolute atomic E-state index is 12.1. The van der Waals surface area contributed by atoms with Crippen LogP contribution in [0.2, 0.25) is 0 Å². The molecule has 1 N–H and O–H groups in total. The molecular weight excluding hydrogens is 378 g/mol. The first kappa shape index (κ1) is 19.4.